The van der Waals surface area contributed by atoms with Crippen LogP contribution in [-0.4, -0.2) is 320 Å². The zero-order valence-corrected chi connectivity index (χ0v) is 71.7. The Kier molecular flexibility index (Phi) is 58.6. The van der Waals surface area contributed by atoms with Gasteiger partial charge in [0.25, 0.3) is 0 Å². The van der Waals surface area contributed by atoms with E-state index in [4.69, 9.17) is 47.4 Å². The molecule has 8 aliphatic heterocycles. The normalized spacial score (nSPS) is 18.8. The highest BCUT2D eigenvalue weighted by Crippen LogP contribution is 2.40. The minimum atomic E-state index is -0.353. The molecule has 26 heteroatoms. The van der Waals surface area contributed by atoms with Gasteiger partial charge >= 0.3 is 47.8 Å². The van der Waals surface area contributed by atoms with Crippen LogP contribution in [0.2, 0.25) is 0 Å². The lowest BCUT2D eigenvalue weighted by molar-refractivity contribution is -0.155. The maximum absolute atomic E-state index is 11.4. The highest BCUT2D eigenvalue weighted by molar-refractivity contribution is 5.88. The third-order valence-electron chi connectivity index (χ3n) is 19.6. The SMILES string of the molecule is C=C(C)C(=O)OC(C)CN1CCCC1.C=C(C)C(=O)OCCN1CCCC1.C=C(C)C(=O)OCCN1CCCCC1.C=C(C)C(=O)OCCN1CCOCC1.C=CC(=O)OC1CC(C)(C)N(CCCCC)C(C)(C)C1.C=CC(=O)OCCN1CCCC1.C=CC(=O)OCCN1CCCCC1.C=CC(=O)OCCN1CCOCC1. The van der Waals surface area contributed by atoms with Gasteiger partial charge in [-0.05, 0) is 205 Å². The van der Waals surface area contributed by atoms with E-state index < -0.39 is 0 Å². The summed E-state index contributed by atoms with van der Waals surface area (Å²) in [4.78, 5) is 106. The molecule has 0 aromatic carbocycles. The lowest BCUT2D eigenvalue weighted by Gasteiger charge is -2.55. The van der Waals surface area contributed by atoms with E-state index in [0.29, 0.717) is 61.9 Å². The minimum Gasteiger partial charge on any atom is -0.461 e. The van der Waals surface area contributed by atoms with Crippen LogP contribution in [0.15, 0.2) is 99.2 Å². The molecule has 113 heavy (non-hydrogen) atoms. The summed E-state index contributed by atoms with van der Waals surface area (Å²) in [6, 6.07) is 0. The Bertz CT molecular complexity index is 2690. The molecule has 1 atom stereocenters. The van der Waals surface area contributed by atoms with Crippen LogP contribution in [0.1, 0.15) is 178 Å². The third-order valence-corrected chi connectivity index (χ3v) is 19.6. The van der Waals surface area contributed by atoms with Gasteiger partial charge in [-0.1, -0.05) is 85.2 Å². The fourth-order valence-corrected chi connectivity index (χ4v) is 13.5. The maximum atomic E-state index is 11.4. The summed E-state index contributed by atoms with van der Waals surface area (Å²) < 4.78 is 50.7. The van der Waals surface area contributed by atoms with Gasteiger partial charge in [0, 0.05) is 143 Å². The molecule has 0 amide bonds. The average molecular weight is 1600 g/mol. The van der Waals surface area contributed by atoms with Crippen molar-refractivity contribution in [2.45, 2.75) is 202 Å². The van der Waals surface area contributed by atoms with E-state index in [1.54, 1.807) is 27.7 Å². The van der Waals surface area contributed by atoms with Crippen molar-refractivity contribution in [2.24, 2.45) is 0 Å². The topological polar surface area (TPSA) is 255 Å². The predicted molar refractivity (Wildman–Crippen MR) is 447 cm³/mol. The van der Waals surface area contributed by atoms with Crippen molar-refractivity contribution in [1.29, 1.82) is 0 Å². The van der Waals surface area contributed by atoms with Crippen LogP contribution in [0.3, 0.4) is 0 Å². The standard InChI is InChI=1S/C17H31NO2.2C11H19NO2.C10H17NO3.2C10H17NO2.C9H15NO3.C9H15NO2/c1-7-9-10-11-18-16(3,4)12-14(13-17(18,5)6)20-15(19)8-2;1-9(2)11(13)14-10(3)8-12-6-4-5-7-12;1-10(2)11(13)14-9-8-12-6-4-3-5-7-12;1-9(2)10(12)14-8-5-11-3-6-13-7-4-11;1-9(2)10(12)13-8-7-11-5-3-4-6-11;1-2-10(12)13-9-8-11-6-4-3-5-7-11;1-2-9(11)13-8-5-10-3-6-12-7-4-10;1-2-9(11)12-8-7-10-5-3-4-6-10/h8,14H,2,7,9-13H2,1,3-6H3;10H,1,4-8H2,2-3H3;1,3-9H2,2H3;1,3-8H2,2H3;1,3-8H2,2H3;2H,1,3-9H2;2H,1,3-8H2;2H,1,3-8H2. The quantitative estimate of drug-likeness (QED) is 0.0251. The van der Waals surface area contributed by atoms with Gasteiger partial charge in [0.15, 0.2) is 0 Å². The van der Waals surface area contributed by atoms with E-state index in [2.05, 4.69) is 126 Å². The number of hydrogen-bond donors (Lipinski definition) is 0. The number of carbonyl (C=O) groups is 8. The van der Waals surface area contributed by atoms with E-state index >= 15 is 0 Å². The number of ether oxygens (including phenoxy) is 10. The molecular formula is C87H150N8O18. The van der Waals surface area contributed by atoms with Crippen molar-refractivity contribution in [3.8, 4) is 0 Å². The zero-order valence-electron chi connectivity index (χ0n) is 71.7. The smallest absolute Gasteiger partial charge is 0.333 e. The molecule has 26 nitrogen and oxygen atoms in total. The molecule has 646 valence electrons. The van der Waals surface area contributed by atoms with Gasteiger partial charge in [0.05, 0.1) is 26.4 Å². The molecule has 0 aliphatic carbocycles. The van der Waals surface area contributed by atoms with Crippen molar-refractivity contribution < 1.29 is 85.7 Å². The van der Waals surface area contributed by atoms with E-state index in [0.717, 1.165) is 183 Å². The fraction of sp³-hybridized carbons (Fsp3) is 0.724. The van der Waals surface area contributed by atoms with E-state index in [1.165, 1.54) is 121 Å². The summed E-state index contributed by atoms with van der Waals surface area (Å²) in [5.41, 5.74) is 1.98. The number of morpholine rings is 2. The summed E-state index contributed by atoms with van der Waals surface area (Å²) in [6.45, 7) is 75.4. The van der Waals surface area contributed by atoms with Gasteiger partial charge in [-0.15, -0.1) is 0 Å². The van der Waals surface area contributed by atoms with Crippen LogP contribution in [0.5, 0.6) is 0 Å². The molecule has 0 spiro atoms. The van der Waals surface area contributed by atoms with Gasteiger partial charge in [-0.2, -0.15) is 0 Å². The number of likely N-dealkylation sites (tertiary alicyclic amines) is 6. The number of nitrogens with zero attached hydrogens (tertiary/aromatic N) is 8. The minimum absolute atomic E-state index is 0.00655. The fourth-order valence-electron chi connectivity index (χ4n) is 13.5. The molecule has 0 aromatic rings. The van der Waals surface area contributed by atoms with Gasteiger partial charge in [0.1, 0.15) is 51.8 Å². The lowest BCUT2D eigenvalue weighted by atomic mass is 9.78. The van der Waals surface area contributed by atoms with Crippen molar-refractivity contribution in [2.75, 3.05) is 210 Å². The Labute approximate surface area is 680 Å². The Balaban J connectivity index is 0.000000649. The number of esters is 8. The summed E-state index contributed by atoms with van der Waals surface area (Å²) in [6.07, 6.45) is 25.7. The van der Waals surface area contributed by atoms with E-state index in [-0.39, 0.29) is 71.0 Å². The molecule has 8 heterocycles. The number of carbonyl (C=O) groups excluding carboxylic acids is 8. The molecule has 0 saturated carbocycles. The molecule has 0 bridgehead atoms. The van der Waals surface area contributed by atoms with Crippen molar-refractivity contribution in [1.82, 2.24) is 39.2 Å². The van der Waals surface area contributed by atoms with Crippen LogP contribution in [-0.2, 0) is 85.7 Å². The first-order chi connectivity index (χ1) is 53.9. The Morgan fingerprint density at radius 3 is 0.912 bits per heavy atom. The van der Waals surface area contributed by atoms with Crippen LogP contribution >= 0.6 is 0 Å². The van der Waals surface area contributed by atoms with Crippen LogP contribution in [0.25, 0.3) is 0 Å². The second-order valence-corrected chi connectivity index (χ2v) is 30.8. The lowest BCUT2D eigenvalue weighted by Crippen LogP contribution is -2.62. The van der Waals surface area contributed by atoms with Gasteiger partial charge in [-0.3, -0.25) is 39.2 Å². The number of piperidine rings is 3. The molecule has 8 rings (SSSR count). The Hall–Kier alpha value is -6.72. The first-order valence-electron chi connectivity index (χ1n) is 41.4. The Morgan fingerprint density at radius 2 is 0.637 bits per heavy atom. The molecule has 8 aliphatic rings. The maximum Gasteiger partial charge on any atom is 0.333 e. The van der Waals surface area contributed by atoms with E-state index in [9.17, 15) is 38.4 Å². The molecule has 8 saturated heterocycles. The van der Waals surface area contributed by atoms with Crippen LogP contribution in [0, 0.1) is 0 Å². The molecule has 1 unspecified atom stereocenters. The van der Waals surface area contributed by atoms with Gasteiger partial charge < -0.3 is 47.4 Å². The largest absolute Gasteiger partial charge is 0.461 e. The molecule has 8 fully saturated rings. The highest BCUT2D eigenvalue weighted by Gasteiger charge is 2.46. The summed E-state index contributed by atoms with van der Waals surface area (Å²) >= 11 is 0. The predicted octanol–water partition coefficient (Wildman–Crippen LogP) is 10.8. The second-order valence-electron chi connectivity index (χ2n) is 30.8. The van der Waals surface area contributed by atoms with Gasteiger partial charge in [-0.25, -0.2) is 38.4 Å². The van der Waals surface area contributed by atoms with E-state index in [1.807, 2.05) is 6.92 Å². The molecule has 0 N–H and O–H groups in total. The Morgan fingerprint density at radius 1 is 0.372 bits per heavy atom. The molecule has 0 aromatic heterocycles. The van der Waals surface area contributed by atoms with Crippen molar-refractivity contribution >= 4 is 47.8 Å². The van der Waals surface area contributed by atoms with Gasteiger partial charge in [0.2, 0.25) is 0 Å². The highest BCUT2D eigenvalue weighted by atomic mass is 16.6. The average Bonchev–Trinajstić information content (AvgIpc) is 0.980. The monoisotopic (exact) mass is 1600 g/mol. The number of unbranched alkanes of at least 4 members (excludes halogenated alkanes) is 2. The van der Waals surface area contributed by atoms with Crippen LogP contribution < -0.4 is 0 Å². The zero-order chi connectivity index (χ0) is 84.2. The number of hydrogen-bond acceptors (Lipinski definition) is 26. The van der Waals surface area contributed by atoms with Crippen molar-refractivity contribution in [3.63, 3.8) is 0 Å². The number of rotatable bonds is 34. The van der Waals surface area contributed by atoms with Crippen LogP contribution in [0.4, 0.5) is 0 Å². The second kappa shape index (κ2) is 63.5. The summed E-state index contributed by atoms with van der Waals surface area (Å²) in [7, 11) is 0. The molecular weight excluding hydrogens is 1440 g/mol. The third kappa shape index (κ3) is 53.2. The summed E-state index contributed by atoms with van der Waals surface area (Å²) in [5, 5.41) is 0. The molecule has 0 radical (unpaired) electrons. The first kappa shape index (κ1) is 104. The van der Waals surface area contributed by atoms with Crippen molar-refractivity contribution in [3.05, 3.63) is 99.2 Å². The summed E-state index contributed by atoms with van der Waals surface area (Å²) in [5.74, 6) is -2.45. The first-order valence-corrected chi connectivity index (χ1v) is 41.4.